The van der Waals surface area contributed by atoms with Crippen molar-refractivity contribution in [2.75, 3.05) is 67.8 Å². The second kappa shape index (κ2) is 15.4. The first kappa shape index (κ1) is 31.2. The van der Waals surface area contributed by atoms with Gasteiger partial charge in [-0.1, -0.05) is 0 Å². The Hall–Kier alpha value is -2.36. The predicted molar refractivity (Wildman–Crippen MR) is 151 cm³/mol. The molecule has 220 valence electrons. The largest absolute Gasteiger partial charge is 0.493 e. The van der Waals surface area contributed by atoms with Gasteiger partial charge in [0.15, 0.2) is 11.5 Å². The van der Waals surface area contributed by atoms with Crippen LogP contribution in [0.3, 0.4) is 0 Å². The number of hydrogen-bond acceptors (Lipinski definition) is 7. The predicted octanol–water partition coefficient (Wildman–Crippen LogP) is 3.46. The Labute approximate surface area is 234 Å². The number of benzene rings is 1. The van der Waals surface area contributed by atoms with Crippen LogP contribution in [0.1, 0.15) is 56.3 Å². The molecule has 2 aliphatic rings. The highest BCUT2D eigenvalue weighted by Gasteiger charge is 2.35. The number of carbonyl (C=O) groups excluding carboxylic acids is 2. The van der Waals surface area contributed by atoms with Crippen LogP contribution in [0.25, 0.3) is 0 Å². The summed E-state index contributed by atoms with van der Waals surface area (Å²) in [5.41, 5.74) is 0.577. The minimum atomic E-state index is -0.0284. The Morgan fingerprint density at radius 2 is 1.67 bits per heavy atom. The molecule has 1 aromatic carbocycles. The first-order chi connectivity index (χ1) is 18.8. The van der Waals surface area contributed by atoms with Gasteiger partial charge in [0.25, 0.3) is 5.91 Å². The Bertz CT molecular complexity index is 918. The van der Waals surface area contributed by atoms with Crippen molar-refractivity contribution in [1.29, 1.82) is 0 Å². The molecule has 2 atom stereocenters. The summed E-state index contributed by atoms with van der Waals surface area (Å²) < 4.78 is 21.9. The molecule has 39 heavy (non-hydrogen) atoms. The summed E-state index contributed by atoms with van der Waals surface area (Å²) >= 11 is 0. The minimum Gasteiger partial charge on any atom is -0.493 e. The van der Waals surface area contributed by atoms with Crippen LogP contribution in [0.2, 0.25) is 0 Å². The minimum absolute atomic E-state index is 0.0284. The zero-order valence-electron chi connectivity index (χ0n) is 24.7. The number of rotatable bonds is 14. The highest BCUT2D eigenvalue weighted by molar-refractivity contribution is 5.95. The SMILES string of the molecule is COCCCOc1cc(C(=O)N(C[C@@H]2CNC[C@H]2CN(C)C(=O)C2CCC(OC)CC2)C(C)C)ccc1OC. The van der Waals surface area contributed by atoms with E-state index in [1.807, 2.05) is 30.7 Å². The maximum absolute atomic E-state index is 13.7. The molecule has 9 nitrogen and oxygen atoms in total. The van der Waals surface area contributed by atoms with Gasteiger partial charge in [-0.15, -0.1) is 0 Å². The lowest BCUT2D eigenvalue weighted by Crippen LogP contribution is -2.44. The van der Waals surface area contributed by atoms with Crippen LogP contribution >= 0.6 is 0 Å². The third-order valence-corrected chi connectivity index (χ3v) is 8.20. The average Bonchev–Trinajstić information content (AvgIpc) is 3.39. The highest BCUT2D eigenvalue weighted by atomic mass is 16.5. The number of nitrogens with zero attached hydrogens (tertiary/aromatic N) is 2. The van der Waals surface area contributed by atoms with Gasteiger partial charge in [-0.25, -0.2) is 0 Å². The first-order valence-corrected chi connectivity index (χ1v) is 14.4. The van der Waals surface area contributed by atoms with Crippen LogP contribution in [0.4, 0.5) is 0 Å². The molecule has 9 heteroatoms. The normalized spacial score (nSPS) is 23.1. The summed E-state index contributed by atoms with van der Waals surface area (Å²) in [4.78, 5) is 30.7. The summed E-state index contributed by atoms with van der Waals surface area (Å²) in [6, 6.07) is 5.40. The van der Waals surface area contributed by atoms with E-state index in [0.717, 1.165) is 45.2 Å². The molecular formula is C30H49N3O6. The molecule has 1 saturated carbocycles. The molecule has 1 N–H and O–H groups in total. The molecule has 2 amide bonds. The van der Waals surface area contributed by atoms with E-state index in [0.29, 0.717) is 49.3 Å². The number of amides is 2. The fraction of sp³-hybridized carbons (Fsp3) is 0.733. The van der Waals surface area contributed by atoms with Crippen molar-refractivity contribution in [3.05, 3.63) is 23.8 Å². The second-order valence-electron chi connectivity index (χ2n) is 11.2. The van der Waals surface area contributed by atoms with Gasteiger partial charge in [-0.05, 0) is 69.6 Å². The van der Waals surface area contributed by atoms with E-state index in [-0.39, 0.29) is 35.8 Å². The van der Waals surface area contributed by atoms with Crippen LogP contribution in [0, 0.1) is 17.8 Å². The van der Waals surface area contributed by atoms with Crippen molar-refractivity contribution < 1.29 is 28.5 Å². The molecule has 1 heterocycles. The number of nitrogens with one attached hydrogen (secondary N) is 1. The van der Waals surface area contributed by atoms with Crippen molar-refractivity contribution in [2.24, 2.45) is 17.8 Å². The molecule has 1 aliphatic carbocycles. The molecule has 3 rings (SSSR count). The Kier molecular flexibility index (Phi) is 12.3. The van der Waals surface area contributed by atoms with E-state index in [1.54, 1.807) is 39.5 Å². The number of carbonyl (C=O) groups is 2. The van der Waals surface area contributed by atoms with E-state index in [1.165, 1.54) is 0 Å². The van der Waals surface area contributed by atoms with Crippen LogP contribution in [0.5, 0.6) is 11.5 Å². The fourth-order valence-corrected chi connectivity index (χ4v) is 5.77. The van der Waals surface area contributed by atoms with Crippen molar-refractivity contribution in [1.82, 2.24) is 15.1 Å². The number of ether oxygens (including phenoxy) is 4. The summed E-state index contributed by atoms with van der Waals surface area (Å²) in [5, 5.41) is 3.50. The van der Waals surface area contributed by atoms with Crippen molar-refractivity contribution >= 4 is 11.8 Å². The van der Waals surface area contributed by atoms with Crippen molar-refractivity contribution in [3.63, 3.8) is 0 Å². The molecule has 0 bridgehead atoms. The van der Waals surface area contributed by atoms with Crippen LogP contribution in [-0.2, 0) is 14.3 Å². The van der Waals surface area contributed by atoms with E-state index < -0.39 is 0 Å². The van der Waals surface area contributed by atoms with E-state index >= 15 is 0 Å². The van der Waals surface area contributed by atoms with Crippen LogP contribution < -0.4 is 14.8 Å². The molecule has 0 aromatic heterocycles. The fourth-order valence-electron chi connectivity index (χ4n) is 5.77. The van der Waals surface area contributed by atoms with Gasteiger partial charge in [0.1, 0.15) is 0 Å². The van der Waals surface area contributed by atoms with Gasteiger partial charge in [0.2, 0.25) is 5.91 Å². The molecular weight excluding hydrogens is 498 g/mol. The second-order valence-corrected chi connectivity index (χ2v) is 11.2. The summed E-state index contributed by atoms with van der Waals surface area (Å²) in [7, 11) is 6.94. The molecule has 2 fully saturated rings. The molecule has 1 aromatic rings. The number of methoxy groups -OCH3 is 3. The topological polar surface area (TPSA) is 89.6 Å². The van der Waals surface area contributed by atoms with Gasteiger partial charge in [-0.3, -0.25) is 9.59 Å². The third-order valence-electron chi connectivity index (χ3n) is 8.20. The average molecular weight is 548 g/mol. The Morgan fingerprint density at radius 1 is 0.974 bits per heavy atom. The van der Waals surface area contributed by atoms with Gasteiger partial charge in [-0.2, -0.15) is 0 Å². The lowest BCUT2D eigenvalue weighted by atomic mass is 9.86. The molecule has 0 spiro atoms. The van der Waals surface area contributed by atoms with E-state index in [4.69, 9.17) is 18.9 Å². The maximum Gasteiger partial charge on any atom is 0.254 e. The van der Waals surface area contributed by atoms with Gasteiger partial charge < -0.3 is 34.1 Å². The number of hydrogen-bond donors (Lipinski definition) is 1. The van der Waals surface area contributed by atoms with Crippen molar-refractivity contribution in [3.8, 4) is 11.5 Å². The zero-order chi connectivity index (χ0) is 28.4. The van der Waals surface area contributed by atoms with Gasteiger partial charge in [0.05, 0.1) is 19.8 Å². The summed E-state index contributed by atoms with van der Waals surface area (Å²) in [6.45, 7) is 8.19. The Balaban J connectivity index is 1.63. The maximum atomic E-state index is 13.7. The van der Waals surface area contributed by atoms with Gasteiger partial charge in [0, 0.05) is 78.0 Å². The lowest BCUT2D eigenvalue weighted by Gasteiger charge is -2.34. The standard InChI is InChI=1S/C30H49N3O6/c1-21(2)33(30(35)23-10-13-27(38-6)28(16-23)39-15-7-14-36-4)20-25-18-31-17-24(25)19-32(3)29(34)22-8-11-26(37-5)12-9-22/h10,13,16,21-22,24-26,31H,7-9,11-12,14-15,17-20H2,1-6H3/t22?,24-,25-,26?/m0/s1. The monoisotopic (exact) mass is 547 g/mol. The molecule has 0 unspecified atom stereocenters. The Morgan fingerprint density at radius 3 is 2.28 bits per heavy atom. The van der Waals surface area contributed by atoms with Crippen molar-refractivity contribution in [2.45, 2.75) is 58.1 Å². The van der Waals surface area contributed by atoms with E-state index in [9.17, 15) is 9.59 Å². The van der Waals surface area contributed by atoms with Crippen LogP contribution in [-0.4, -0.2) is 102 Å². The molecule has 1 aliphatic heterocycles. The first-order valence-electron chi connectivity index (χ1n) is 14.4. The zero-order valence-corrected chi connectivity index (χ0v) is 24.7. The molecule has 0 radical (unpaired) electrons. The molecule has 1 saturated heterocycles. The smallest absolute Gasteiger partial charge is 0.254 e. The van der Waals surface area contributed by atoms with Crippen LogP contribution in [0.15, 0.2) is 18.2 Å². The quantitative estimate of drug-likeness (QED) is 0.357. The summed E-state index contributed by atoms with van der Waals surface area (Å²) in [5.74, 6) is 2.01. The highest BCUT2D eigenvalue weighted by Crippen LogP contribution is 2.31. The van der Waals surface area contributed by atoms with E-state index in [2.05, 4.69) is 5.32 Å². The van der Waals surface area contributed by atoms with Gasteiger partial charge >= 0.3 is 0 Å². The summed E-state index contributed by atoms with van der Waals surface area (Å²) in [6.07, 6.45) is 4.71. The third kappa shape index (κ3) is 8.56. The lowest BCUT2D eigenvalue weighted by molar-refractivity contribution is -0.136.